The Morgan fingerprint density at radius 1 is 1.24 bits per heavy atom. The molecule has 2 heterocycles. The van der Waals surface area contributed by atoms with Gasteiger partial charge in [-0.15, -0.1) is 0 Å². The summed E-state index contributed by atoms with van der Waals surface area (Å²) in [6.07, 6.45) is 5.12. The zero-order valence-electron chi connectivity index (χ0n) is 16.5. The van der Waals surface area contributed by atoms with Gasteiger partial charge in [-0.05, 0) is 67.9 Å². The summed E-state index contributed by atoms with van der Waals surface area (Å²) in [6, 6.07) is 6.14. The Hall–Kier alpha value is -1.34. The predicted molar refractivity (Wildman–Crippen MR) is 121 cm³/mol. The smallest absolute Gasteiger partial charge is 0.263 e. The third-order valence-corrected chi connectivity index (χ3v) is 7.73. The molecule has 4 rings (SSSR count). The lowest BCUT2D eigenvalue weighted by Gasteiger charge is -2.39. The van der Waals surface area contributed by atoms with Crippen LogP contribution in [0.15, 0.2) is 24.4 Å². The molecule has 2 fully saturated rings. The van der Waals surface area contributed by atoms with Gasteiger partial charge in [-0.1, -0.05) is 29.3 Å². The van der Waals surface area contributed by atoms with Crippen LogP contribution in [0.2, 0.25) is 10.0 Å². The molecule has 1 aromatic carbocycles. The number of hydrogen-bond donors (Lipinski definition) is 1. The van der Waals surface area contributed by atoms with Crippen LogP contribution in [0.25, 0.3) is 0 Å². The molecule has 0 atom stereocenters. The van der Waals surface area contributed by atoms with Gasteiger partial charge < -0.3 is 10.2 Å². The highest BCUT2D eigenvalue weighted by atomic mass is 35.5. The van der Waals surface area contributed by atoms with Gasteiger partial charge in [-0.2, -0.15) is 0 Å². The minimum absolute atomic E-state index is 0.0317. The average Bonchev–Trinajstić information content (AvgIpc) is 3.12. The monoisotopic (exact) mass is 452 g/mol. The lowest BCUT2D eigenvalue weighted by atomic mass is 9.78. The number of nitrogens with one attached hydrogen (secondary N) is 1. The average molecular weight is 453 g/mol. The van der Waals surface area contributed by atoms with Crippen molar-refractivity contribution < 1.29 is 4.79 Å². The van der Waals surface area contributed by atoms with E-state index in [1.54, 1.807) is 6.20 Å². The van der Waals surface area contributed by atoms with Crippen LogP contribution in [0.4, 0.5) is 5.69 Å². The van der Waals surface area contributed by atoms with E-state index < -0.39 is 0 Å². The molecule has 2 aromatic rings. The molecular formula is C21H26Cl2N4OS. The molecule has 5 nitrogen and oxygen atoms in total. The molecule has 0 unspecified atom stereocenters. The number of rotatable bonds is 6. The zero-order valence-corrected chi connectivity index (χ0v) is 18.9. The van der Waals surface area contributed by atoms with Crippen molar-refractivity contribution >= 4 is 46.3 Å². The standard InChI is InChI=1S/C21H26Cl2N4OS/c1-14-13-24-29-20(14)21(28)25-16-11-15(12-16)5-6-26-7-9-27(10-8-26)18-4-2-3-17(22)19(18)23/h2-4,13,15-16H,5-12H2,1H3,(H,25,28). The van der Waals surface area contributed by atoms with Gasteiger partial charge in [0.25, 0.3) is 5.91 Å². The lowest BCUT2D eigenvalue weighted by molar-refractivity contribution is 0.0881. The van der Waals surface area contributed by atoms with E-state index in [9.17, 15) is 4.79 Å². The third kappa shape index (κ3) is 4.88. The number of halogens is 2. The van der Waals surface area contributed by atoms with Gasteiger partial charge in [-0.25, -0.2) is 4.37 Å². The Balaban J connectivity index is 1.15. The Kier molecular flexibility index (Phi) is 6.64. The SMILES string of the molecule is Cc1cnsc1C(=O)NC1CC(CCN2CCN(c3cccc(Cl)c3Cl)CC2)C1. The van der Waals surface area contributed by atoms with Crippen LogP contribution in [0.5, 0.6) is 0 Å². The first-order valence-electron chi connectivity index (χ1n) is 10.1. The molecule has 1 aromatic heterocycles. The number of aromatic nitrogens is 1. The van der Waals surface area contributed by atoms with E-state index in [1.807, 2.05) is 25.1 Å². The minimum Gasteiger partial charge on any atom is -0.368 e. The number of benzene rings is 1. The summed E-state index contributed by atoms with van der Waals surface area (Å²) in [7, 11) is 0. The summed E-state index contributed by atoms with van der Waals surface area (Å²) in [5.74, 6) is 0.743. The van der Waals surface area contributed by atoms with E-state index in [2.05, 4.69) is 19.5 Å². The molecule has 1 aliphatic heterocycles. The Morgan fingerprint density at radius 3 is 2.69 bits per heavy atom. The van der Waals surface area contributed by atoms with Crippen molar-refractivity contribution in [1.29, 1.82) is 0 Å². The first-order chi connectivity index (χ1) is 14.0. The number of anilines is 1. The molecule has 0 radical (unpaired) electrons. The highest BCUT2D eigenvalue weighted by molar-refractivity contribution is 7.08. The lowest BCUT2D eigenvalue weighted by Crippen LogP contribution is -2.48. The molecule has 0 spiro atoms. The van der Waals surface area contributed by atoms with Crippen LogP contribution in [0.1, 0.15) is 34.5 Å². The topological polar surface area (TPSA) is 48.5 Å². The van der Waals surface area contributed by atoms with Crippen molar-refractivity contribution in [1.82, 2.24) is 14.6 Å². The van der Waals surface area contributed by atoms with Gasteiger partial charge >= 0.3 is 0 Å². The van der Waals surface area contributed by atoms with E-state index in [0.29, 0.717) is 22.0 Å². The van der Waals surface area contributed by atoms with E-state index in [4.69, 9.17) is 23.2 Å². The predicted octanol–water partition coefficient (Wildman–Crippen LogP) is 4.48. The molecule has 1 aliphatic carbocycles. The number of carbonyl (C=O) groups excluding carboxylic acids is 1. The Labute approximate surface area is 186 Å². The number of carbonyl (C=O) groups is 1. The highest BCUT2D eigenvalue weighted by Gasteiger charge is 2.31. The van der Waals surface area contributed by atoms with Crippen LogP contribution in [-0.4, -0.2) is 53.9 Å². The molecule has 1 saturated heterocycles. The third-order valence-electron chi connectivity index (χ3n) is 6.02. The number of nitrogens with zero attached hydrogens (tertiary/aromatic N) is 3. The van der Waals surface area contributed by atoms with Crippen LogP contribution in [0, 0.1) is 12.8 Å². The maximum absolute atomic E-state index is 12.3. The second kappa shape index (κ2) is 9.21. The van der Waals surface area contributed by atoms with Gasteiger partial charge in [-0.3, -0.25) is 9.69 Å². The molecule has 8 heteroatoms. The first kappa shape index (κ1) is 20.9. The van der Waals surface area contributed by atoms with E-state index in [1.165, 1.54) is 18.0 Å². The molecule has 1 N–H and O–H groups in total. The molecule has 29 heavy (non-hydrogen) atoms. The summed E-state index contributed by atoms with van der Waals surface area (Å²) in [5, 5.41) is 4.42. The number of piperazine rings is 1. The minimum atomic E-state index is 0.0317. The van der Waals surface area contributed by atoms with Crippen molar-refractivity contribution in [3.63, 3.8) is 0 Å². The van der Waals surface area contributed by atoms with Crippen LogP contribution in [0.3, 0.4) is 0 Å². The number of aryl methyl sites for hydroxylation is 1. The fourth-order valence-electron chi connectivity index (χ4n) is 4.16. The van der Waals surface area contributed by atoms with E-state index in [-0.39, 0.29) is 5.91 Å². The molecule has 0 bridgehead atoms. The number of hydrogen-bond acceptors (Lipinski definition) is 5. The first-order valence-corrected chi connectivity index (χ1v) is 11.7. The van der Waals surface area contributed by atoms with E-state index >= 15 is 0 Å². The largest absolute Gasteiger partial charge is 0.368 e. The maximum atomic E-state index is 12.3. The zero-order chi connectivity index (χ0) is 20.4. The van der Waals surface area contributed by atoms with Gasteiger partial charge in [0.15, 0.2) is 0 Å². The Bertz CT molecular complexity index is 860. The molecule has 156 valence electrons. The van der Waals surface area contributed by atoms with Crippen molar-refractivity contribution in [2.24, 2.45) is 5.92 Å². The molecule has 2 aliphatic rings. The van der Waals surface area contributed by atoms with Crippen molar-refractivity contribution in [2.75, 3.05) is 37.6 Å². The van der Waals surface area contributed by atoms with Gasteiger partial charge in [0, 0.05) is 38.4 Å². The van der Waals surface area contributed by atoms with Gasteiger partial charge in [0.05, 0.1) is 15.7 Å². The van der Waals surface area contributed by atoms with Crippen LogP contribution in [-0.2, 0) is 0 Å². The number of amides is 1. The highest BCUT2D eigenvalue weighted by Crippen LogP contribution is 2.34. The summed E-state index contributed by atoms with van der Waals surface area (Å²) in [6.45, 7) is 7.08. The van der Waals surface area contributed by atoms with E-state index in [0.717, 1.165) is 61.7 Å². The maximum Gasteiger partial charge on any atom is 0.263 e. The quantitative estimate of drug-likeness (QED) is 0.701. The summed E-state index contributed by atoms with van der Waals surface area (Å²) >= 11 is 13.8. The summed E-state index contributed by atoms with van der Waals surface area (Å²) < 4.78 is 4.08. The Morgan fingerprint density at radius 2 is 2.00 bits per heavy atom. The van der Waals surface area contributed by atoms with Crippen molar-refractivity contribution in [2.45, 2.75) is 32.2 Å². The molecule has 1 saturated carbocycles. The second-order valence-electron chi connectivity index (χ2n) is 8.04. The van der Waals surface area contributed by atoms with Crippen LogP contribution < -0.4 is 10.2 Å². The fraction of sp³-hybridized carbons (Fsp3) is 0.524. The van der Waals surface area contributed by atoms with Crippen LogP contribution >= 0.6 is 34.7 Å². The second-order valence-corrected chi connectivity index (χ2v) is 9.62. The molecular weight excluding hydrogens is 427 g/mol. The fourth-order valence-corrected chi connectivity index (χ4v) is 5.23. The van der Waals surface area contributed by atoms with Gasteiger partial charge in [0.2, 0.25) is 0 Å². The van der Waals surface area contributed by atoms with Crippen molar-refractivity contribution in [3.05, 3.63) is 44.9 Å². The van der Waals surface area contributed by atoms with Crippen molar-refractivity contribution in [3.8, 4) is 0 Å². The molecule has 1 amide bonds. The van der Waals surface area contributed by atoms with Gasteiger partial charge in [0.1, 0.15) is 4.88 Å². The summed E-state index contributed by atoms with van der Waals surface area (Å²) in [4.78, 5) is 17.9. The summed E-state index contributed by atoms with van der Waals surface area (Å²) in [5.41, 5.74) is 1.99. The normalized spacial score (nSPS) is 22.4.